The molecule has 0 aliphatic heterocycles. The standard InChI is InChI=1S/C10H17NO3/c1-2-11(7-8-3-4-8)9(12)5-6-10(13)14/h8H,2-7H2,1H3,(H,13,14). The molecule has 4 nitrogen and oxygen atoms in total. The fraction of sp³-hybridized carbons (Fsp3) is 0.800. The first kappa shape index (κ1) is 11.0. The van der Waals surface area contributed by atoms with E-state index in [0.717, 1.165) is 6.54 Å². The van der Waals surface area contributed by atoms with Crippen LogP contribution in [0.25, 0.3) is 0 Å². The molecule has 4 heteroatoms. The fourth-order valence-corrected chi connectivity index (χ4v) is 1.39. The quantitative estimate of drug-likeness (QED) is 0.697. The average Bonchev–Trinajstić information content (AvgIpc) is 2.93. The maximum Gasteiger partial charge on any atom is 0.303 e. The molecule has 0 unspecified atom stereocenters. The molecule has 1 aliphatic carbocycles. The van der Waals surface area contributed by atoms with Crippen LogP contribution in [0.2, 0.25) is 0 Å². The average molecular weight is 199 g/mol. The van der Waals surface area contributed by atoms with Gasteiger partial charge in [-0.3, -0.25) is 9.59 Å². The first-order valence-electron chi connectivity index (χ1n) is 5.13. The zero-order valence-corrected chi connectivity index (χ0v) is 8.53. The SMILES string of the molecule is CCN(CC1CC1)C(=O)CCC(=O)O. The van der Waals surface area contributed by atoms with Gasteiger partial charge >= 0.3 is 5.97 Å². The Bertz CT molecular complexity index is 223. The van der Waals surface area contributed by atoms with Gasteiger partial charge in [0.1, 0.15) is 0 Å². The summed E-state index contributed by atoms with van der Waals surface area (Å²) in [6.07, 6.45) is 2.50. The second kappa shape index (κ2) is 4.98. The highest BCUT2D eigenvalue weighted by Crippen LogP contribution is 2.29. The van der Waals surface area contributed by atoms with Crippen molar-refractivity contribution in [2.45, 2.75) is 32.6 Å². The van der Waals surface area contributed by atoms with Crippen molar-refractivity contribution in [2.75, 3.05) is 13.1 Å². The molecule has 0 bridgehead atoms. The van der Waals surface area contributed by atoms with Gasteiger partial charge in [0.15, 0.2) is 0 Å². The van der Waals surface area contributed by atoms with E-state index < -0.39 is 5.97 Å². The lowest BCUT2D eigenvalue weighted by Gasteiger charge is -2.20. The molecule has 1 rings (SSSR count). The lowest BCUT2D eigenvalue weighted by Crippen LogP contribution is -2.32. The molecule has 0 saturated heterocycles. The Hall–Kier alpha value is -1.06. The highest BCUT2D eigenvalue weighted by atomic mass is 16.4. The van der Waals surface area contributed by atoms with Crippen LogP contribution in [0.15, 0.2) is 0 Å². The second-order valence-corrected chi connectivity index (χ2v) is 3.77. The summed E-state index contributed by atoms with van der Waals surface area (Å²) in [5.74, 6) is -0.258. The van der Waals surface area contributed by atoms with E-state index in [9.17, 15) is 9.59 Å². The third kappa shape index (κ3) is 3.77. The molecule has 80 valence electrons. The number of carboxylic acids is 1. The van der Waals surface area contributed by atoms with Gasteiger partial charge in [-0.05, 0) is 25.7 Å². The van der Waals surface area contributed by atoms with Crippen LogP contribution >= 0.6 is 0 Å². The summed E-state index contributed by atoms with van der Waals surface area (Å²) >= 11 is 0. The van der Waals surface area contributed by atoms with Crippen LogP contribution in [0.3, 0.4) is 0 Å². The molecule has 1 fully saturated rings. The van der Waals surface area contributed by atoms with E-state index in [4.69, 9.17) is 5.11 Å². The molecule has 0 aromatic heterocycles. The molecule has 0 spiro atoms. The van der Waals surface area contributed by atoms with Gasteiger partial charge < -0.3 is 10.0 Å². The van der Waals surface area contributed by atoms with Crippen LogP contribution in [0.5, 0.6) is 0 Å². The second-order valence-electron chi connectivity index (χ2n) is 3.77. The number of nitrogens with zero attached hydrogens (tertiary/aromatic N) is 1. The number of carbonyl (C=O) groups excluding carboxylic acids is 1. The Morgan fingerprint density at radius 3 is 2.43 bits per heavy atom. The predicted molar refractivity (Wildman–Crippen MR) is 51.8 cm³/mol. The predicted octanol–water partition coefficient (Wildman–Crippen LogP) is 1.11. The minimum Gasteiger partial charge on any atom is -0.481 e. The van der Waals surface area contributed by atoms with E-state index in [-0.39, 0.29) is 18.7 Å². The third-order valence-electron chi connectivity index (χ3n) is 2.46. The number of carboxylic acid groups (broad SMARTS) is 1. The highest BCUT2D eigenvalue weighted by Gasteiger charge is 2.25. The largest absolute Gasteiger partial charge is 0.481 e. The van der Waals surface area contributed by atoms with Gasteiger partial charge in [-0.15, -0.1) is 0 Å². The van der Waals surface area contributed by atoms with Crippen molar-refractivity contribution in [2.24, 2.45) is 5.92 Å². The van der Waals surface area contributed by atoms with Crippen molar-refractivity contribution in [3.05, 3.63) is 0 Å². The first-order chi connectivity index (χ1) is 6.63. The van der Waals surface area contributed by atoms with Crippen LogP contribution in [0, 0.1) is 5.92 Å². The van der Waals surface area contributed by atoms with Gasteiger partial charge in [0.25, 0.3) is 0 Å². The maximum absolute atomic E-state index is 11.5. The van der Waals surface area contributed by atoms with E-state index in [2.05, 4.69) is 0 Å². The normalized spacial score (nSPS) is 15.2. The van der Waals surface area contributed by atoms with Crippen molar-refractivity contribution < 1.29 is 14.7 Å². The van der Waals surface area contributed by atoms with Crippen molar-refractivity contribution in [3.8, 4) is 0 Å². The van der Waals surface area contributed by atoms with Crippen molar-refractivity contribution >= 4 is 11.9 Å². The summed E-state index contributed by atoms with van der Waals surface area (Å²) < 4.78 is 0. The topological polar surface area (TPSA) is 57.6 Å². The smallest absolute Gasteiger partial charge is 0.303 e. The minimum atomic E-state index is -0.902. The molecule has 1 N–H and O–H groups in total. The summed E-state index contributed by atoms with van der Waals surface area (Å²) in [5, 5.41) is 8.44. The van der Waals surface area contributed by atoms with Crippen molar-refractivity contribution in [1.82, 2.24) is 4.90 Å². The highest BCUT2D eigenvalue weighted by molar-refractivity contribution is 5.80. The summed E-state index contributed by atoms with van der Waals surface area (Å²) in [6.45, 7) is 3.44. The summed E-state index contributed by atoms with van der Waals surface area (Å²) in [7, 11) is 0. The Kier molecular flexibility index (Phi) is 3.92. The molecule has 0 radical (unpaired) electrons. The lowest BCUT2D eigenvalue weighted by molar-refractivity contribution is -0.140. The molecular weight excluding hydrogens is 182 g/mol. The monoisotopic (exact) mass is 199 g/mol. The summed E-state index contributed by atoms with van der Waals surface area (Å²) in [4.78, 5) is 23.5. The van der Waals surface area contributed by atoms with Gasteiger partial charge in [-0.25, -0.2) is 0 Å². The van der Waals surface area contributed by atoms with E-state index in [1.54, 1.807) is 4.90 Å². The third-order valence-corrected chi connectivity index (χ3v) is 2.46. The number of aliphatic carboxylic acids is 1. The van der Waals surface area contributed by atoms with E-state index in [1.807, 2.05) is 6.92 Å². The Labute approximate surface area is 83.9 Å². The van der Waals surface area contributed by atoms with Gasteiger partial charge in [-0.1, -0.05) is 0 Å². The maximum atomic E-state index is 11.5. The van der Waals surface area contributed by atoms with Gasteiger partial charge in [0.2, 0.25) is 5.91 Å². The Morgan fingerprint density at radius 2 is 2.00 bits per heavy atom. The molecule has 0 aromatic rings. The van der Waals surface area contributed by atoms with Gasteiger partial charge in [-0.2, -0.15) is 0 Å². The Balaban J connectivity index is 2.26. The molecular formula is C10H17NO3. The molecule has 14 heavy (non-hydrogen) atoms. The number of hydrogen-bond donors (Lipinski definition) is 1. The molecule has 1 saturated carbocycles. The number of rotatable bonds is 6. The van der Waals surface area contributed by atoms with Crippen molar-refractivity contribution in [1.29, 1.82) is 0 Å². The van der Waals surface area contributed by atoms with E-state index in [1.165, 1.54) is 12.8 Å². The first-order valence-corrected chi connectivity index (χ1v) is 5.13. The lowest BCUT2D eigenvalue weighted by atomic mass is 10.2. The van der Waals surface area contributed by atoms with Crippen molar-refractivity contribution in [3.63, 3.8) is 0 Å². The van der Waals surface area contributed by atoms with Crippen LogP contribution in [-0.2, 0) is 9.59 Å². The van der Waals surface area contributed by atoms with Crippen LogP contribution in [-0.4, -0.2) is 35.0 Å². The van der Waals surface area contributed by atoms with Crippen LogP contribution in [0.4, 0.5) is 0 Å². The molecule has 1 aliphatic rings. The molecule has 0 heterocycles. The molecule has 0 atom stereocenters. The minimum absolute atomic E-state index is 0.0261. The summed E-state index contributed by atoms with van der Waals surface area (Å²) in [5.41, 5.74) is 0. The van der Waals surface area contributed by atoms with Crippen LogP contribution in [0.1, 0.15) is 32.6 Å². The van der Waals surface area contributed by atoms with Crippen LogP contribution < -0.4 is 0 Å². The summed E-state index contributed by atoms with van der Waals surface area (Å²) in [6, 6.07) is 0. The van der Waals surface area contributed by atoms with E-state index >= 15 is 0 Å². The fourth-order valence-electron chi connectivity index (χ4n) is 1.39. The zero-order chi connectivity index (χ0) is 10.6. The molecule has 1 amide bonds. The molecule has 0 aromatic carbocycles. The number of carbonyl (C=O) groups is 2. The van der Waals surface area contributed by atoms with E-state index in [0.29, 0.717) is 12.5 Å². The number of hydrogen-bond acceptors (Lipinski definition) is 2. The Morgan fingerprint density at radius 1 is 1.36 bits per heavy atom. The van der Waals surface area contributed by atoms with Gasteiger partial charge in [0.05, 0.1) is 6.42 Å². The number of amides is 1. The van der Waals surface area contributed by atoms with Gasteiger partial charge in [0, 0.05) is 19.5 Å². The zero-order valence-electron chi connectivity index (χ0n) is 8.53.